The first-order valence-electron chi connectivity index (χ1n) is 7.98. The molecule has 0 aromatic heterocycles. The first-order chi connectivity index (χ1) is 10.3. The van der Waals surface area contributed by atoms with Crippen molar-refractivity contribution in [1.29, 1.82) is 0 Å². The van der Waals surface area contributed by atoms with Gasteiger partial charge in [0.05, 0.1) is 17.3 Å². The minimum Gasteiger partial charge on any atom is -0.383 e. The number of hydrogen-bond acceptors (Lipinski definition) is 3. The van der Waals surface area contributed by atoms with E-state index in [1.807, 2.05) is 12.1 Å². The zero-order chi connectivity index (χ0) is 15.1. The molecule has 0 bridgehead atoms. The number of methoxy groups -OCH3 is 1. The van der Waals surface area contributed by atoms with Crippen molar-refractivity contribution in [2.75, 3.05) is 38.3 Å². The average Bonchev–Trinajstić information content (AvgIpc) is 2.51. The number of benzene rings is 1. The van der Waals surface area contributed by atoms with Crippen LogP contribution in [0.25, 0.3) is 0 Å². The van der Waals surface area contributed by atoms with Gasteiger partial charge in [0.2, 0.25) is 0 Å². The highest BCUT2D eigenvalue weighted by molar-refractivity contribution is 6.33. The van der Waals surface area contributed by atoms with Crippen LogP contribution >= 0.6 is 11.6 Å². The standard InChI is InChI=1S/C17H27ClN2O/c1-3-14-6-5-10-20(13-14)17-15(7-4-8-16(17)18)12-19-9-11-21-2/h4,7-8,14,19H,3,5-6,9-13H2,1-2H3. The van der Waals surface area contributed by atoms with Crippen LogP contribution < -0.4 is 10.2 Å². The zero-order valence-electron chi connectivity index (χ0n) is 13.2. The summed E-state index contributed by atoms with van der Waals surface area (Å²) in [6.07, 6.45) is 3.86. The van der Waals surface area contributed by atoms with Crippen LogP contribution in [0, 0.1) is 5.92 Å². The zero-order valence-corrected chi connectivity index (χ0v) is 14.0. The maximum Gasteiger partial charge on any atom is 0.0642 e. The number of nitrogens with zero attached hydrogens (tertiary/aromatic N) is 1. The quantitative estimate of drug-likeness (QED) is 0.777. The Labute approximate surface area is 133 Å². The molecule has 1 unspecified atom stereocenters. The van der Waals surface area contributed by atoms with E-state index in [1.165, 1.54) is 30.5 Å². The summed E-state index contributed by atoms with van der Waals surface area (Å²) < 4.78 is 5.08. The topological polar surface area (TPSA) is 24.5 Å². The molecular weight excluding hydrogens is 284 g/mol. The van der Waals surface area contributed by atoms with Crippen molar-refractivity contribution in [3.63, 3.8) is 0 Å². The van der Waals surface area contributed by atoms with Gasteiger partial charge in [0, 0.05) is 33.3 Å². The molecule has 0 saturated carbocycles. The molecule has 1 N–H and O–H groups in total. The summed E-state index contributed by atoms with van der Waals surface area (Å²) in [6.45, 7) is 6.97. The molecule has 1 aromatic carbocycles. The number of anilines is 1. The molecule has 0 aliphatic carbocycles. The van der Waals surface area contributed by atoms with Crippen molar-refractivity contribution in [3.8, 4) is 0 Å². The van der Waals surface area contributed by atoms with Crippen molar-refractivity contribution in [2.45, 2.75) is 32.7 Å². The summed E-state index contributed by atoms with van der Waals surface area (Å²) in [6, 6.07) is 6.22. The molecule has 0 amide bonds. The third kappa shape index (κ3) is 4.60. The van der Waals surface area contributed by atoms with E-state index in [0.717, 1.165) is 43.7 Å². The van der Waals surface area contributed by atoms with Gasteiger partial charge in [-0.15, -0.1) is 0 Å². The lowest BCUT2D eigenvalue weighted by Crippen LogP contribution is -2.36. The molecule has 1 aliphatic heterocycles. The van der Waals surface area contributed by atoms with E-state index in [-0.39, 0.29) is 0 Å². The lowest BCUT2D eigenvalue weighted by molar-refractivity contribution is 0.199. The van der Waals surface area contributed by atoms with Gasteiger partial charge >= 0.3 is 0 Å². The number of nitrogens with one attached hydrogen (secondary N) is 1. The second-order valence-corrected chi connectivity index (χ2v) is 6.19. The van der Waals surface area contributed by atoms with Gasteiger partial charge in [-0.3, -0.25) is 0 Å². The molecule has 118 valence electrons. The first kappa shape index (κ1) is 16.6. The molecule has 4 heteroatoms. The second kappa shape index (κ2) is 8.62. The summed E-state index contributed by atoms with van der Waals surface area (Å²) in [7, 11) is 1.73. The highest BCUT2D eigenvalue weighted by Gasteiger charge is 2.22. The highest BCUT2D eigenvalue weighted by Crippen LogP contribution is 2.33. The Morgan fingerprint density at radius 2 is 2.29 bits per heavy atom. The van der Waals surface area contributed by atoms with E-state index in [2.05, 4.69) is 23.2 Å². The first-order valence-corrected chi connectivity index (χ1v) is 8.36. The van der Waals surface area contributed by atoms with Crippen LogP contribution in [0.4, 0.5) is 5.69 Å². The van der Waals surface area contributed by atoms with E-state index in [1.54, 1.807) is 7.11 Å². The third-order valence-corrected chi connectivity index (χ3v) is 4.59. The Morgan fingerprint density at radius 3 is 3.05 bits per heavy atom. The molecule has 21 heavy (non-hydrogen) atoms. The summed E-state index contributed by atoms with van der Waals surface area (Å²) in [5.41, 5.74) is 2.51. The van der Waals surface area contributed by atoms with Crippen LogP contribution in [0.15, 0.2) is 18.2 Å². The van der Waals surface area contributed by atoms with Gasteiger partial charge in [-0.05, 0) is 30.4 Å². The van der Waals surface area contributed by atoms with E-state index >= 15 is 0 Å². The number of para-hydroxylation sites is 1. The van der Waals surface area contributed by atoms with E-state index in [9.17, 15) is 0 Å². The molecule has 2 rings (SSSR count). The smallest absolute Gasteiger partial charge is 0.0642 e. The van der Waals surface area contributed by atoms with Crippen molar-refractivity contribution in [1.82, 2.24) is 5.32 Å². The number of rotatable bonds is 7. The SMILES string of the molecule is CCC1CCCN(c2c(Cl)cccc2CNCCOC)C1. The molecule has 1 saturated heterocycles. The highest BCUT2D eigenvalue weighted by atomic mass is 35.5. The molecule has 1 fully saturated rings. The summed E-state index contributed by atoms with van der Waals surface area (Å²) in [5.74, 6) is 0.796. The van der Waals surface area contributed by atoms with Crippen LogP contribution in [0.2, 0.25) is 5.02 Å². The summed E-state index contributed by atoms with van der Waals surface area (Å²) in [4.78, 5) is 2.48. The van der Waals surface area contributed by atoms with E-state index in [4.69, 9.17) is 16.3 Å². The number of hydrogen-bond donors (Lipinski definition) is 1. The monoisotopic (exact) mass is 310 g/mol. The van der Waals surface area contributed by atoms with Crippen molar-refractivity contribution >= 4 is 17.3 Å². The van der Waals surface area contributed by atoms with Crippen LogP contribution in [0.1, 0.15) is 31.7 Å². The number of ether oxygens (including phenoxy) is 1. The molecule has 0 radical (unpaired) electrons. The van der Waals surface area contributed by atoms with Crippen LogP contribution in [-0.4, -0.2) is 33.4 Å². The van der Waals surface area contributed by atoms with Gasteiger partial charge < -0.3 is 15.0 Å². The van der Waals surface area contributed by atoms with Gasteiger partial charge in [0.25, 0.3) is 0 Å². The minimum absolute atomic E-state index is 0.734. The maximum atomic E-state index is 6.50. The van der Waals surface area contributed by atoms with Gasteiger partial charge in [-0.2, -0.15) is 0 Å². The fourth-order valence-electron chi connectivity index (χ4n) is 3.06. The molecule has 3 nitrogen and oxygen atoms in total. The third-order valence-electron chi connectivity index (χ3n) is 4.28. The van der Waals surface area contributed by atoms with E-state index in [0.29, 0.717) is 0 Å². The number of piperidine rings is 1. The Bertz CT molecular complexity index is 439. The average molecular weight is 311 g/mol. The molecular formula is C17H27ClN2O. The van der Waals surface area contributed by atoms with Gasteiger partial charge in [0.1, 0.15) is 0 Å². The summed E-state index contributed by atoms with van der Waals surface area (Å²) in [5, 5.41) is 4.30. The van der Waals surface area contributed by atoms with Crippen LogP contribution in [0.3, 0.4) is 0 Å². The minimum atomic E-state index is 0.734. The Balaban J connectivity index is 2.09. The molecule has 1 atom stereocenters. The Kier molecular flexibility index (Phi) is 6.81. The lowest BCUT2D eigenvalue weighted by Gasteiger charge is -2.36. The second-order valence-electron chi connectivity index (χ2n) is 5.78. The molecule has 0 spiro atoms. The predicted octanol–water partition coefficient (Wildman–Crippen LogP) is 3.70. The van der Waals surface area contributed by atoms with E-state index < -0.39 is 0 Å². The molecule has 1 aromatic rings. The Hall–Kier alpha value is -0.770. The molecule has 1 heterocycles. The molecule has 1 aliphatic rings. The lowest BCUT2D eigenvalue weighted by atomic mass is 9.94. The van der Waals surface area contributed by atoms with Crippen molar-refractivity contribution < 1.29 is 4.74 Å². The largest absolute Gasteiger partial charge is 0.383 e. The van der Waals surface area contributed by atoms with Crippen molar-refractivity contribution in [2.24, 2.45) is 5.92 Å². The van der Waals surface area contributed by atoms with Crippen LogP contribution in [0.5, 0.6) is 0 Å². The Morgan fingerprint density at radius 1 is 1.43 bits per heavy atom. The maximum absolute atomic E-state index is 6.50. The summed E-state index contributed by atoms with van der Waals surface area (Å²) >= 11 is 6.50. The fraction of sp³-hybridized carbons (Fsp3) is 0.647. The number of halogens is 1. The van der Waals surface area contributed by atoms with Crippen molar-refractivity contribution in [3.05, 3.63) is 28.8 Å². The van der Waals surface area contributed by atoms with Crippen LogP contribution in [-0.2, 0) is 11.3 Å². The normalized spacial score (nSPS) is 19.0. The van der Waals surface area contributed by atoms with Gasteiger partial charge in [-0.1, -0.05) is 37.1 Å². The predicted molar refractivity (Wildman–Crippen MR) is 90.3 cm³/mol. The van der Waals surface area contributed by atoms with Gasteiger partial charge in [-0.25, -0.2) is 0 Å². The van der Waals surface area contributed by atoms with Gasteiger partial charge in [0.15, 0.2) is 0 Å². The fourth-order valence-corrected chi connectivity index (χ4v) is 3.37.